The Bertz CT molecular complexity index is 872. The van der Waals surface area contributed by atoms with Crippen LogP contribution < -0.4 is 4.74 Å². The molecular weight excluding hydrogens is 348 g/mol. The summed E-state index contributed by atoms with van der Waals surface area (Å²) in [6, 6.07) is 12.9. The van der Waals surface area contributed by atoms with Gasteiger partial charge in [0.1, 0.15) is 11.5 Å². The molecule has 0 radical (unpaired) electrons. The number of carbonyl (C=O) groups is 3. The van der Waals surface area contributed by atoms with Crippen LogP contribution in [0.3, 0.4) is 0 Å². The predicted octanol–water partition coefficient (Wildman–Crippen LogP) is 1.92. The van der Waals surface area contributed by atoms with E-state index in [0.717, 1.165) is 0 Å². The average molecular weight is 368 g/mol. The van der Waals surface area contributed by atoms with Crippen LogP contribution in [0.4, 0.5) is 0 Å². The lowest BCUT2D eigenvalue weighted by Crippen LogP contribution is -2.50. The Kier molecular flexibility index (Phi) is 5.40. The van der Waals surface area contributed by atoms with E-state index in [0.29, 0.717) is 37.5 Å². The van der Waals surface area contributed by atoms with Crippen molar-refractivity contribution in [2.75, 3.05) is 26.2 Å². The first-order valence-corrected chi connectivity index (χ1v) is 8.61. The number of benzene rings is 2. The second kappa shape index (κ2) is 7.90. The second-order valence-electron chi connectivity index (χ2n) is 6.22. The summed E-state index contributed by atoms with van der Waals surface area (Å²) in [5, 5.41) is 9.84. The number of ether oxygens (including phenoxy) is 1. The topological polar surface area (TPSA) is 87.2 Å². The third kappa shape index (κ3) is 4.25. The van der Waals surface area contributed by atoms with Gasteiger partial charge in [0.05, 0.1) is 5.56 Å². The number of nitrogens with zero attached hydrogens (tertiary/aromatic N) is 2. The number of hydrogen-bond donors (Lipinski definition) is 1. The molecule has 0 bridgehead atoms. The molecule has 0 spiro atoms. The number of amides is 2. The fourth-order valence-electron chi connectivity index (χ4n) is 2.98. The summed E-state index contributed by atoms with van der Waals surface area (Å²) in [6.45, 7) is 2.83. The maximum absolute atomic E-state index is 12.7. The van der Waals surface area contributed by atoms with Crippen molar-refractivity contribution < 1.29 is 24.2 Å². The maximum atomic E-state index is 12.7. The maximum Gasteiger partial charge on any atom is 0.308 e. The van der Waals surface area contributed by atoms with Gasteiger partial charge in [0.2, 0.25) is 0 Å². The third-order valence-corrected chi connectivity index (χ3v) is 4.33. The lowest BCUT2D eigenvalue weighted by molar-refractivity contribution is -0.131. The van der Waals surface area contributed by atoms with Crippen LogP contribution >= 0.6 is 0 Å². The van der Waals surface area contributed by atoms with Gasteiger partial charge in [0.25, 0.3) is 11.8 Å². The molecule has 7 nitrogen and oxygen atoms in total. The molecule has 0 atom stereocenters. The number of aromatic hydroxyl groups is 1. The number of piperazine rings is 1. The number of phenols is 1. The third-order valence-electron chi connectivity index (χ3n) is 4.33. The minimum Gasteiger partial charge on any atom is -0.507 e. The molecule has 0 saturated carbocycles. The molecule has 27 heavy (non-hydrogen) atoms. The molecule has 7 heteroatoms. The van der Waals surface area contributed by atoms with Gasteiger partial charge in [-0.25, -0.2) is 0 Å². The number of para-hydroxylation sites is 1. The Morgan fingerprint density at radius 1 is 0.889 bits per heavy atom. The molecule has 1 aliphatic rings. The van der Waals surface area contributed by atoms with E-state index in [4.69, 9.17) is 4.74 Å². The van der Waals surface area contributed by atoms with E-state index >= 15 is 0 Å². The van der Waals surface area contributed by atoms with Crippen LogP contribution in [0.5, 0.6) is 11.5 Å². The molecule has 2 aromatic rings. The number of rotatable bonds is 3. The summed E-state index contributed by atoms with van der Waals surface area (Å²) in [6.07, 6.45) is 0. The highest BCUT2D eigenvalue weighted by atomic mass is 16.5. The number of carbonyl (C=O) groups excluding carboxylic acids is 3. The van der Waals surface area contributed by atoms with E-state index in [9.17, 15) is 19.5 Å². The SMILES string of the molecule is CC(=O)Oc1cccc(C(=O)N2CCN(C(=O)c3ccccc3O)CC2)c1. The zero-order valence-corrected chi connectivity index (χ0v) is 14.9. The molecule has 140 valence electrons. The molecule has 2 amide bonds. The highest BCUT2D eigenvalue weighted by molar-refractivity contribution is 5.97. The molecule has 1 N–H and O–H groups in total. The van der Waals surface area contributed by atoms with Crippen LogP contribution in [0.2, 0.25) is 0 Å². The van der Waals surface area contributed by atoms with Crippen molar-refractivity contribution in [2.45, 2.75) is 6.92 Å². The molecular formula is C20H20N2O5. The van der Waals surface area contributed by atoms with Gasteiger partial charge in [-0.15, -0.1) is 0 Å². The van der Waals surface area contributed by atoms with Gasteiger partial charge in [-0.3, -0.25) is 14.4 Å². The summed E-state index contributed by atoms with van der Waals surface area (Å²) in [4.78, 5) is 39.5. The van der Waals surface area contributed by atoms with Crippen LogP contribution in [0, 0.1) is 0 Å². The Labute approximate surface area is 156 Å². The summed E-state index contributed by atoms with van der Waals surface area (Å²) in [7, 11) is 0. The summed E-state index contributed by atoms with van der Waals surface area (Å²) in [5.41, 5.74) is 0.681. The molecule has 1 heterocycles. The first-order chi connectivity index (χ1) is 13.0. The van der Waals surface area contributed by atoms with Crippen molar-refractivity contribution >= 4 is 17.8 Å². The van der Waals surface area contributed by atoms with E-state index in [-0.39, 0.29) is 23.1 Å². The summed E-state index contributed by atoms with van der Waals surface area (Å²) >= 11 is 0. The van der Waals surface area contributed by atoms with Gasteiger partial charge in [-0.1, -0.05) is 18.2 Å². The standard InChI is InChI=1S/C20H20N2O5/c1-14(23)27-16-6-4-5-15(13-16)19(25)21-9-11-22(12-10-21)20(26)17-7-2-3-8-18(17)24/h2-8,13,24H,9-12H2,1H3. The highest BCUT2D eigenvalue weighted by Gasteiger charge is 2.26. The lowest BCUT2D eigenvalue weighted by Gasteiger charge is -2.35. The largest absolute Gasteiger partial charge is 0.507 e. The van der Waals surface area contributed by atoms with Crippen molar-refractivity contribution in [1.82, 2.24) is 9.80 Å². The van der Waals surface area contributed by atoms with Gasteiger partial charge in [-0.2, -0.15) is 0 Å². The smallest absolute Gasteiger partial charge is 0.308 e. The van der Waals surface area contributed by atoms with Gasteiger partial charge >= 0.3 is 5.97 Å². The average Bonchev–Trinajstić information content (AvgIpc) is 2.67. The van der Waals surface area contributed by atoms with Crippen LogP contribution in [-0.4, -0.2) is 58.9 Å². The minimum absolute atomic E-state index is 0.0525. The van der Waals surface area contributed by atoms with Crippen LogP contribution in [0.25, 0.3) is 0 Å². The van der Waals surface area contributed by atoms with Gasteiger partial charge < -0.3 is 19.6 Å². The molecule has 3 rings (SSSR count). The van der Waals surface area contributed by atoms with Crippen molar-refractivity contribution in [1.29, 1.82) is 0 Å². The van der Waals surface area contributed by atoms with Crippen LogP contribution in [-0.2, 0) is 4.79 Å². The van der Waals surface area contributed by atoms with Gasteiger partial charge in [0, 0.05) is 38.7 Å². The Morgan fingerprint density at radius 3 is 2.15 bits per heavy atom. The van der Waals surface area contributed by atoms with Crippen molar-refractivity contribution in [3.05, 3.63) is 59.7 Å². The molecule has 0 aliphatic carbocycles. The predicted molar refractivity (Wildman–Crippen MR) is 97.7 cm³/mol. The number of phenolic OH excluding ortho intramolecular Hbond substituents is 1. The summed E-state index contributed by atoms with van der Waals surface area (Å²) < 4.78 is 5.01. The molecule has 0 aromatic heterocycles. The van der Waals surface area contributed by atoms with Crippen LogP contribution in [0.1, 0.15) is 27.6 Å². The molecule has 1 saturated heterocycles. The van der Waals surface area contributed by atoms with E-state index in [1.807, 2.05) is 0 Å². The highest BCUT2D eigenvalue weighted by Crippen LogP contribution is 2.20. The quantitative estimate of drug-likeness (QED) is 0.661. The summed E-state index contributed by atoms with van der Waals surface area (Å²) in [5.74, 6) is -0.614. The fraction of sp³-hybridized carbons (Fsp3) is 0.250. The molecule has 0 unspecified atom stereocenters. The monoisotopic (exact) mass is 368 g/mol. The fourth-order valence-corrected chi connectivity index (χ4v) is 2.98. The normalized spacial score (nSPS) is 14.0. The van der Waals surface area contributed by atoms with E-state index in [1.54, 1.807) is 46.2 Å². The number of esters is 1. The first kappa shape index (κ1) is 18.4. The van der Waals surface area contributed by atoms with Crippen molar-refractivity contribution in [3.63, 3.8) is 0 Å². The molecule has 1 fully saturated rings. The Morgan fingerprint density at radius 2 is 1.52 bits per heavy atom. The van der Waals surface area contributed by atoms with E-state index < -0.39 is 5.97 Å². The Balaban J connectivity index is 1.64. The van der Waals surface area contributed by atoms with E-state index in [1.165, 1.54) is 19.1 Å². The van der Waals surface area contributed by atoms with Crippen molar-refractivity contribution in [2.24, 2.45) is 0 Å². The zero-order chi connectivity index (χ0) is 19.4. The number of hydrogen-bond acceptors (Lipinski definition) is 5. The minimum atomic E-state index is -0.448. The van der Waals surface area contributed by atoms with Gasteiger partial charge in [-0.05, 0) is 30.3 Å². The lowest BCUT2D eigenvalue weighted by atomic mass is 10.1. The Hall–Kier alpha value is -3.35. The molecule has 2 aromatic carbocycles. The van der Waals surface area contributed by atoms with E-state index in [2.05, 4.69) is 0 Å². The molecule has 1 aliphatic heterocycles. The first-order valence-electron chi connectivity index (χ1n) is 8.61. The van der Waals surface area contributed by atoms with Crippen LogP contribution in [0.15, 0.2) is 48.5 Å². The van der Waals surface area contributed by atoms with Gasteiger partial charge in [0.15, 0.2) is 0 Å². The zero-order valence-electron chi connectivity index (χ0n) is 14.9. The van der Waals surface area contributed by atoms with Crippen molar-refractivity contribution in [3.8, 4) is 11.5 Å². The second-order valence-corrected chi connectivity index (χ2v) is 6.22.